The molecule has 0 aliphatic heterocycles. The van der Waals surface area contributed by atoms with E-state index >= 15 is 0 Å². The van der Waals surface area contributed by atoms with E-state index in [0.29, 0.717) is 10.6 Å². The van der Waals surface area contributed by atoms with E-state index < -0.39 is 0 Å². The predicted molar refractivity (Wildman–Crippen MR) is 90.6 cm³/mol. The van der Waals surface area contributed by atoms with Crippen molar-refractivity contribution in [3.05, 3.63) is 65.3 Å². The summed E-state index contributed by atoms with van der Waals surface area (Å²) in [5.74, 6) is 0.543. The lowest BCUT2D eigenvalue weighted by molar-refractivity contribution is 0.601. The summed E-state index contributed by atoms with van der Waals surface area (Å²) in [6.45, 7) is 0. The lowest BCUT2D eigenvalue weighted by atomic mass is 10.1. The molecule has 0 aliphatic rings. The number of hydrogen-bond acceptors (Lipinski definition) is 3. The third-order valence-corrected chi connectivity index (χ3v) is 5.58. The highest BCUT2D eigenvalue weighted by molar-refractivity contribution is 7.99. The molecule has 108 valence electrons. The van der Waals surface area contributed by atoms with Crippen LogP contribution in [0.2, 0.25) is 0 Å². The van der Waals surface area contributed by atoms with Gasteiger partial charge in [-0.2, -0.15) is 0 Å². The van der Waals surface area contributed by atoms with Crippen molar-refractivity contribution in [2.24, 2.45) is 5.73 Å². The van der Waals surface area contributed by atoms with Gasteiger partial charge in [0, 0.05) is 21.4 Å². The van der Waals surface area contributed by atoms with Gasteiger partial charge < -0.3 is 5.73 Å². The van der Waals surface area contributed by atoms with Gasteiger partial charge in [-0.05, 0) is 40.9 Å². The fourth-order valence-electron chi connectivity index (χ4n) is 2.29. The standard InChI is InChI=1S/C17H16FNS2/c18-15-6-2-4-8-17(15)21-11-13(19)9-12-10-20-16-7-3-1-5-14(12)16/h1-8,10,13H,9,11,19H2. The van der Waals surface area contributed by atoms with E-state index in [9.17, 15) is 4.39 Å². The molecule has 1 atom stereocenters. The molecule has 0 aliphatic carbocycles. The molecule has 1 heterocycles. The van der Waals surface area contributed by atoms with Gasteiger partial charge in [0.05, 0.1) is 0 Å². The molecule has 0 fully saturated rings. The van der Waals surface area contributed by atoms with E-state index in [-0.39, 0.29) is 11.9 Å². The topological polar surface area (TPSA) is 26.0 Å². The smallest absolute Gasteiger partial charge is 0.136 e. The highest BCUT2D eigenvalue weighted by Gasteiger charge is 2.10. The Morgan fingerprint density at radius 2 is 1.86 bits per heavy atom. The summed E-state index contributed by atoms with van der Waals surface area (Å²) in [5.41, 5.74) is 7.50. The van der Waals surface area contributed by atoms with Crippen LogP contribution in [-0.4, -0.2) is 11.8 Å². The summed E-state index contributed by atoms with van der Waals surface area (Å²) in [5, 5.41) is 3.46. The molecule has 3 rings (SSSR count). The van der Waals surface area contributed by atoms with Crippen LogP contribution in [0.5, 0.6) is 0 Å². The molecule has 1 nitrogen and oxygen atoms in total. The van der Waals surface area contributed by atoms with Crippen LogP contribution in [0.4, 0.5) is 4.39 Å². The molecule has 0 radical (unpaired) electrons. The Balaban J connectivity index is 1.64. The van der Waals surface area contributed by atoms with Gasteiger partial charge in [-0.3, -0.25) is 0 Å². The van der Waals surface area contributed by atoms with Crippen molar-refractivity contribution in [2.75, 3.05) is 5.75 Å². The minimum Gasteiger partial charge on any atom is -0.327 e. The largest absolute Gasteiger partial charge is 0.327 e. The van der Waals surface area contributed by atoms with E-state index in [1.165, 1.54) is 33.5 Å². The molecule has 21 heavy (non-hydrogen) atoms. The Morgan fingerprint density at radius 1 is 1.10 bits per heavy atom. The molecule has 0 saturated carbocycles. The van der Waals surface area contributed by atoms with Crippen molar-refractivity contribution in [3.8, 4) is 0 Å². The van der Waals surface area contributed by atoms with Crippen molar-refractivity contribution in [3.63, 3.8) is 0 Å². The fourth-order valence-corrected chi connectivity index (χ4v) is 4.16. The van der Waals surface area contributed by atoms with E-state index in [0.717, 1.165) is 6.42 Å². The second-order valence-corrected chi connectivity index (χ2v) is 6.94. The molecule has 0 bridgehead atoms. The molecule has 2 aromatic carbocycles. The number of hydrogen-bond donors (Lipinski definition) is 1. The number of benzene rings is 2. The lowest BCUT2D eigenvalue weighted by Gasteiger charge is -2.11. The number of rotatable bonds is 5. The summed E-state index contributed by atoms with van der Waals surface area (Å²) < 4.78 is 14.9. The van der Waals surface area contributed by atoms with Crippen LogP contribution in [-0.2, 0) is 6.42 Å². The van der Waals surface area contributed by atoms with Gasteiger partial charge in [0.15, 0.2) is 0 Å². The maximum atomic E-state index is 13.6. The van der Waals surface area contributed by atoms with Crippen LogP contribution in [0, 0.1) is 5.82 Å². The number of thioether (sulfide) groups is 1. The summed E-state index contributed by atoms with van der Waals surface area (Å²) in [7, 11) is 0. The maximum Gasteiger partial charge on any atom is 0.136 e. The Labute approximate surface area is 132 Å². The molecule has 1 unspecified atom stereocenters. The number of thiophene rings is 1. The maximum absolute atomic E-state index is 13.6. The number of fused-ring (bicyclic) bond motifs is 1. The minimum atomic E-state index is -0.171. The zero-order valence-electron chi connectivity index (χ0n) is 11.5. The fraction of sp³-hybridized carbons (Fsp3) is 0.176. The molecular weight excluding hydrogens is 301 g/mol. The van der Waals surface area contributed by atoms with Gasteiger partial charge in [0.2, 0.25) is 0 Å². The first kappa shape index (κ1) is 14.6. The molecule has 1 aromatic heterocycles. The quantitative estimate of drug-likeness (QED) is 0.690. The molecule has 3 aromatic rings. The normalized spacial score (nSPS) is 12.7. The van der Waals surface area contributed by atoms with Crippen molar-refractivity contribution in [1.29, 1.82) is 0 Å². The lowest BCUT2D eigenvalue weighted by Crippen LogP contribution is -2.25. The second-order valence-electron chi connectivity index (χ2n) is 4.96. The summed E-state index contributed by atoms with van der Waals surface area (Å²) in [6, 6.07) is 15.2. The minimum absolute atomic E-state index is 0.0209. The van der Waals surface area contributed by atoms with E-state index in [1.807, 2.05) is 6.07 Å². The average Bonchev–Trinajstić information content (AvgIpc) is 2.90. The Morgan fingerprint density at radius 3 is 2.71 bits per heavy atom. The van der Waals surface area contributed by atoms with Crippen LogP contribution in [0.25, 0.3) is 10.1 Å². The molecule has 2 N–H and O–H groups in total. The first-order chi connectivity index (χ1) is 10.2. The number of nitrogens with two attached hydrogens (primary N) is 1. The second kappa shape index (κ2) is 6.60. The zero-order valence-corrected chi connectivity index (χ0v) is 13.1. The van der Waals surface area contributed by atoms with Gasteiger partial charge in [-0.15, -0.1) is 23.1 Å². The van der Waals surface area contributed by atoms with Crippen molar-refractivity contribution in [2.45, 2.75) is 17.4 Å². The SMILES string of the molecule is NC(CSc1ccccc1F)Cc1csc2ccccc12. The third kappa shape index (κ3) is 3.46. The first-order valence-electron chi connectivity index (χ1n) is 6.82. The molecule has 0 spiro atoms. The highest BCUT2D eigenvalue weighted by Crippen LogP contribution is 2.27. The average molecular weight is 317 g/mol. The van der Waals surface area contributed by atoms with Crippen molar-refractivity contribution >= 4 is 33.2 Å². The molecular formula is C17H16FNS2. The number of halogens is 1. The Kier molecular flexibility index (Phi) is 4.58. The summed E-state index contributed by atoms with van der Waals surface area (Å²) in [6.07, 6.45) is 0.825. The van der Waals surface area contributed by atoms with Gasteiger partial charge in [0.1, 0.15) is 5.82 Å². The van der Waals surface area contributed by atoms with E-state index in [1.54, 1.807) is 23.5 Å². The van der Waals surface area contributed by atoms with Gasteiger partial charge in [-0.25, -0.2) is 4.39 Å². The van der Waals surface area contributed by atoms with Crippen LogP contribution in [0.1, 0.15) is 5.56 Å². The van der Waals surface area contributed by atoms with E-state index in [2.05, 4.69) is 29.6 Å². The molecule has 0 saturated heterocycles. The first-order valence-corrected chi connectivity index (χ1v) is 8.68. The van der Waals surface area contributed by atoms with Gasteiger partial charge >= 0.3 is 0 Å². The Bertz CT molecular complexity index is 738. The third-order valence-electron chi connectivity index (χ3n) is 3.33. The van der Waals surface area contributed by atoms with Crippen molar-refractivity contribution < 1.29 is 4.39 Å². The van der Waals surface area contributed by atoms with Gasteiger partial charge in [-0.1, -0.05) is 30.3 Å². The summed E-state index contributed by atoms with van der Waals surface area (Å²) in [4.78, 5) is 0.670. The molecule has 0 amide bonds. The highest BCUT2D eigenvalue weighted by atomic mass is 32.2. The van der Waals surface area contributed by atoms with Crippen LogP contribution >= 0.6 is 23.1 Å². The zero-order chi connectivity index (χ0) is 14.7. The van der Waals surface area contributed by atoms with Crippen LogP contribution < -0.4 is 5.73 Å². The van der Waals surface area contributed by atoms with Crippen molar-refractivity contribution in [1.82, 2.24) is 0 Å². The van der Waals surface area contributed by atoms with E-state index in [4.69, 9.17) is 5.73 Å². The predicted octanol–water partition coefficient (Wildman–Crippen LogP) is 4.70. The van der Waals surface area contributed by atoms with Crippen LogP contribution in [0.3, 0.4) is 0 Å². The van der Waals surface area contributed by atoms with Crippen LogP contribution in [0.15, 0.2) is 58.8 Å². The van der Waals surface area contributed by atoms with Gasteiger partial charge in [0.25, 0.3) is 0 Å². The Hall–Kier alpha value is -1.36. The molecule has 4 heteroatoms. The summed E-state index contributed by atoms with van der Waals surface area (Å²) >= 11 is 3.24. The monoisotopic (exact) mass is 317 g/mol.